The van der Waals surface area contributed by atoms with E-state index in [-0.39, 0.29) is 18.0 Å². The molecule has 1 fully saturated rings. The molecule has 1 amide bonds. The van der Waals surface area contributed by atoms with E-state index in [9.17, 15) is 10.0 Å². The van der Waals surface area contributed by atoms with Crippen LogP contribution in [-0.2, 0) is 4.79 Å². The van der Waals surface area contributed by atoms with E-state index in [1.807, 2.05) is 36.1 Å². The molecule has 1 saturated heterocycles. The van der Waals surface area contributed by atoms with E-state index in [0.29, 0.717) is 13.0 Å². The molecule has 1 aromatic carbocycles. The summed E-state index contributed by atoms with van der Waals surface area (Å²) in [5.74, 6) is 0.131. The van der Waals surface area contributed by atoms with Crippen LogP contribution in [0.2, 0.25) is 0 Å². The molecular weight excluding hydrogens is 204 g/mol. The fourth-order valence-corrected chi connectivity index (χ4v) is 2.66. The maximum Gasteiger partial charge on any atom is 0.225 e. The summed E-state index contributed by atoms with van der Waals surface area (Å²) in [6.07, 6.45) is 0.412. The van der Waals surface area contributed by atoms with Gasteiger partial charge in [-0.25, -0.2) is 0 Å². The second-order valence-electron chi connectivity index (χ2n) is 4.48. The van der Waals surface area contributed by atoms with Crippen LogP contribution in [0.3, 0.4) is 0 Å². The molecule has 2 atom stereocenters. The molecule has 0 aliphatic carbocycles. The first-order valence-electron chi connectivity index (χ1n) is 5.55. The van der Waals surface area contributed by atoms with Crippen molar-refractivity contribution in [2.75, 3.05) is 11.6 Å². The van der Waals surface area contributed by atoms with Gasteiger partial charge in [-0.3, -0.25) is 15.1 Å². The molecule has 1 N–H and O–H groups in total. The van der Waals surface area contributed by atoms with E-state index in [4.69, 9.17) is 0 Å². The number of para-hydroxylation sites is 1. The Hall–Kier alpha value is -1.55. The van der Waals surface area contributed by atoms with Gasteiger partial charge in [0.1, 0.15) is 0 Å². The van der Waals surface area contributed by atoms with Crippen LogP contribution in [-0.4, -0.2) is 28.6 Å². The normalized spacial score (nSPS) is 28.0. The molecule has 0 saturated carbocycles. The summed E-state index contributed by atoms with van der Waals surface area (Å²) in [6, 6.07) is 7.66. The van der Waals surface area contributed by atoms with Crippen molar-refractivity contribution in [2.45, 2.75) is 25.4 Å². The summed E-state index contributed by atoms with van der Waals surface area (Å²) in [4.78, 5) is 13.6. The summed E-state index contributed by atoms with van der Waals surface area (Å²) >= 11 is 0. The van der Waals surface area contributed by atoms with Crippen molar-refractivity contribution in [3.63, 3.8) is 0 Å². The number of amides is 1. The maximum atomic E-state index is 11.8. The molecule has 0 radical (unpaired) electrons. The monoisotopic (exact) mass is 218 g/mol. The molecule has 4 heteroatoms. The SMILES string of the molecule is CC1c2ccccc2N(O)[C@H]2CC(=O)N1C2. The molecule has 1 aromatic rings. The highest BCUT2D eigenvalue weighted by atomic mass is 16.5. The zero-order valence-electron chi connectivity index (χ0n) is 9.13. The lowest BCUT2D eigenvalue weighted by atomic mass is 10.0. The fraction of sp³-hybridized carbons (Fsp3) is 0.417. The number of rotatable bonds is 0. The van der Waals surface area contributed by atoms with Crippen LogP contribution in [0.1, 0.15) is 24.9 Å². The van der Waals surface area contributed by atoms with Crippen molar-refractivity contribution in [3.8, 4) is 0 Å². The van der Waals surface area contributed by atoms with E-state index in [2.05, 4.69) is 0 Å². The highest BCUT2D eigenvalue weighted by Gasteiger charge is 2.40. The van der Waals surface area contributed by atoms with Gasteiger partial charge in [-0.1, -0.05) is 18.2 Å². The van der Waals surface area contributed by atoms with Crippen molar-refractivity contribution in [3.05, 3.63) is 29.8 Å². The number of hydrogen-bond donors (Lipinski definition) is 1. The van der Waals surface area contributed by atoms with Crippen molar-refractivity contribution >= 4 is 11.6 Å². The van der Waals surface area contributed by atoms with Crippen LogP contribution in [0.15, 0.2) is 24.3 Å². The van der Waals surface area contributed by atoms with Crippen molar-refractivity contribution < 1.29 is 10.0 Å². The summed E-state index contributed by atoms with van der Waals surface area (Å²) in [6.45, 7) is 2.63. The summed E-state index contributed by atoms with van der Waals surface area (Å²) in [5.41, 5.74) is 1.84. The average molecular weight is 218 g/mol. The number of carbonyl (C=O) groups is 1. The number of benzene rings is 1. The molecular formula is C12H14N2O2. The first-order chi connectivity index (χ1) is 7.68. The summed E-state index contributed by atoms with van der Waals surface area (Å²) < 4.78 is 0. The van der Waals surface area contributed by atoms with Crippen LogP contribution < -0.4 is 5.06 Å². The van der Waals surface area contributed by atoms with Crippen LogP contribution in [0.25, 0.3) is 0 Å². The largest absolute Gasteiger partial charge is 0.334 e. The van der Waals surface area contributed by atoms with Crippen LogP contribution in [0, 0.1) is 0 Å². The van der Waals surface area contributed by atoms with Crippen molar-refractivity contribution in [1.82, 2.24) is 4.90 Å². The Labute approximate surface area is 94.0 Å². The quantitative estimate of drug-likeness (QED) is 0.718. The first-order valence-corrected chi connectivity index (χ1v) is 5.55. The van der Waals surface area contributed by atoms with E-state index in [1.165, 1.54) is 5.06 Å². The van der Waals surface area contributed by atoms with Crippen LogP contribution in [0.4, 0.5) is 5.69 Å². The minimum atomic E-state index is -0.0985. The van der Waals surface area contributed by atoms with E-state index in [1.54, 1.807) is 0 Å². The van der Waals surface area contributed by atoms with Crippen molar-refractivity contribution in [2.24, 2.45) is 0 Å². The fourth-order valence-electron chi connectivity index (χ4n) is 2.66. The molecule has 2 bridgehead atoms. The summed E-state index contributed by atoms with van der Waals surface area (Å²) in [5, 5.41) is 11.4. The Balaban J connectivity index is 2.15. The Morgan fingerprint density at radius 1 is 1.38 bits per heavy atom. The number of fused-ring (bicyclic) bond motifs is 3. The van der Waals surface area contributed by atoms with Crippen molar-refractivity contribution in [1.29, 1.82) is 0 Å². The molecule has 2 aliphatic heterocycles. The predicted octanol–water partition coefficient (Wildman–Crippen LogP) is 1.56. The third kappa shape index (κ3) is 1.16. The van der Waals surface area contributed by atoms with Gasteiger partial charge in [-0.2, -0.15) is 0 Å². The molecule has 16 heavy (non-hydrogen) atoms. The van der Waals surface area contributed by atoms with E-state index >= 15 is 0 Å². The van der Waals surface area contributed by atoms with Gasteiger partial charge in [0.05, 0.1) is 24.2 Å². The lowest BCUT2D eigenvalue weighted by molar-refractivity contribution is -0.129. The lowest BCUT2D eigenvalue weighted by Gasteiger charge is -2.26. The van der Waals surface area contributed by atoms with E-state index in [0.717, 1.165) is 11.3 Å². The van der Waals surface area contributed by atoms with Gasteiger partial charge in [0.15, 0.2) is 0 Å². The third-order valence-corrected chi connectivity index (χ3v) is 3.59. The first kappa shape index (κ1) is 9.66. The van der Waals surface area contributed by atoms with Gasteiger partial charge in [0.25, 0.3) is 0 Å². The van der Waals surface area contributed by atoms with Gasteiger partial charge >= 0.3 is 0 Å². The molecule has 0 spiro atoms. The molecule has 4 nitrogen and oxygen atoms in total. The molecule has 3 rings (SSSR count). The smallest absolute Gasteiger partial charge is 0.225 e. The Kier molecular flexibility index (Phi) is 1.94. The Morgan fingerprint density at radius 3 is 2.94 bits per heavy atom. The highest BCUT2D eigenvalue weighted by molar-refractivity contribution is 5.82. The zero-order chi connectivity index (χ0) is 11.3. The number of carbonyl (C=O) groups excluding carboxylic acids is 1. The Bertz CT molecular complexity index is 446. The molecule has 0 aromatic heterocycles. The molecule has 1 unspecified atom stereocenters. The average Bonchev–Trinajstić information content (AvgIpc) is 2.65. The highest BCUT2D eigenvalue weighted by Crippen LogP contribution is 2.38. The topological polar surface area (TPSA) is 43.8 Å². The molecule has 84 valence electrons. The number of nitrogens with zero attached hydrogens (tertiary/aromatic N) is 2. The van der Waals surface area contributed by atoms with Gasteiger partial charge in [-0.15, -0.1) is 0 Å². The van der Waals surface area contributed by atoms with E-state index < -0.39 is 0 Å². The van der Waals surface area contributed by atoms with Gasteiger partial charge in [0.2, 0.25) is 5.91 Å². The maximum absolute atomic E-state index is 11.8. The number of hydroxylamine groups is 1. The van der Waals surface area contributed by atoms with Gasteiger partial charge in [0, 0.05) is 12.1 Å². The lowest BCUT2D eigenvalue weighted by Crippen LogP contribution is -2.32. The second-order valence-corrected chi connectivity index (χ2v) is 4.48. The number of anilines is 1. The Morgan fingerprint density at radius 2 is 2.12 bits per heavy atom. The minimum Gasteiger partial charge on any atom is -0.334 e. The van der Waals surface area contributed by atoms with Crippen LogP contribution in [0.5, 0.6) is 0 Å². The van der Waals surface area contributed by atoms with Gasteiger partial charge in [-0.05, 0) is 13.0 Å². The molecule has 2 heterocycles. The zero-order valence-corrected chi connectivity index (χ0v) is 9.13. The minimum absolute atomic E-state index is 0.0471. The second kappa shape index (κ2) is 3.22. The van der Waals surface area contributed by atoms with Gasteiger partial charge < -0.3 is 4.90 Å². The standard InChI is InChI=1S/C12H14N2O2/c1-8-10-4-2-3-5-11(10)14(16)9-6-12(15)13(8)7-9/h2-5,8-9,16H,6-7H2,1H3/t8?,9-/m0/s1. The predicted molar refractivity (Wildman–Crippen MR) is 59.2 cm³/mol. The molecule has 2 aliphatic rings. The van der Waals surface area contributed by atoms with Crippen LogP contribution >= 0.6 is 0 Å². The third-order valence-electron chi connectivity index (χ3n) is 3.59. The number of hydrogen-bond acceptors (Lipinski definition) is 3. The summed E-state index contributed by atoms with van der Waals surface area (Å²) in [7, 11) is 0.